The Labute approximate surface area is 148 Å². The van der Waals surface area contributed by atoms with Gasteiger partial charge < -0.3 is 9.80 Å². The average molecular weight is 334 g/mol. The molecule has 2 aromatic carbocycles. The molecule has 0 saturated carbocycles. The monoisotopic (exact) mass is 334 g/mol. The summed E-state index contributed by atoms with van der Waals surface area (Å²) in [7, 11) is 0. The maximum absolute atomic E-state index is 12.4. The molecule has 0 atom stereocenters. The Morgan fingerprint density at radius 3 is 2.00 bits per heavy atom. The lowest BCUT2D eigenvalue weighted by molar-refractivity contribution is -0.136. The van der Waals surface area contributed by atoms with Gasteiger partial charge in [-0.3, -0.25) is 9.59 Å². The van der Waals surface area contributed by atoms with Crippen molar-refractivity contribution in [1.82, 2.24) is 9.80 Å². The molecule has 0 aliphatic carbocycles. The summed E-state index contributed by atoms with van der Waals surface area (Å²) < 4.78 is 0. The summed E-state index contributed by atoms with van der Waals surface area (Å²) in [5.74, 6) is 0.122. The summed E-state index contributed by atoms with van der Waals surface area (Å²) in [5, 5.41) is 0. The molecule has 128 valence electrons. The van der Waals surface area contributed by atoms with E-state index in [4.69, 9.17) is 0 Å². The van der Waals surface area contributed by atoms with E-state index in [0.717, 1.165) is 11.1 Å². The van der Waals surface area contributed by atoms with Crippen LogP contribution >= 0.6 is 0 Å². The molecule has 0 unspecified atom stereocenters. The predicted octanol–water partition coefficient (Wildman–Crippen LogP) is 2.61. The van der Waals surface area contributed by atoms with Crippen LogP contribution in [0.15, 0.2) is 66.7 Å². The van der Waals surface area contributed by atoms with Gasteiger partial charge in [-0.05, 0) is 17.2 Å². The van der Waals surface area contributed by atoms with Crippen molar-refractivity contribution >= 4 is 17.9 Å². The van der Waals surface area contributed by atoms with Gasteiger partial charge in [0.1, 0.15) is 0 Å². The van der Waals surface area contributed by atoms with Gasteiger partial charge in [-0.15, -0.1) is 0 Å². The van der Waals surface area contributed by atoms with Crippen LogP contribution in [0.1, 0.15) is 11.1 Å². The maximum Gasteiger partial charge on any atom is 0.246 e. The molecular formula is C21H22N2O2. The molecule has 1 saturated heterocycles. The zero-order chi connectivity index (χ0) is 17.5. The third-order valence-electron chi connectivity index (χ3n) is 4.36. The minimum absolute atomic E-state index is 0.000915. The molecular weight excluding hydrogens is 312 g/mol. The van der Waals surface area contributed by atoms with Gasteiger partial charge in [-0.25, -0.2) is 0 Å². The van der Waals surface area contributed by atoms with E-state index >= 15 is 0 Å². The van der Waals surface area contributed by atoms with E-state index in [1.165, 1.54) is 0 Å². The largest absolute Gasteiger partial charge is 0.339 e. The Hall–Kier alpha value is -2.88. The van der Waals surface area contributed by atoms with E-state index in [0.29, 0.717) is 32.6 Å². The molecule has 0 aromatic heterocycles. The number of hydrogen-bond acceptors (Lipinski definition) is 2. The smallest absolute Gasteiger partial charge is 0.246 e. The maximum atomic E-state index is 12.4. The lowest BCUT2D eigenvalue weighted by atomic mass is 10.1. The Balaban J connectivity index is 1.49. The summed E-state index contributed by atoms with van der Waals surface area (Å²) in [6.45, 7) is 2.35. The molecule has 1 aliphatic rings. The van der Waals surface area contributed by atoms with Gasteiger partial charge in [-0.1, -0.05) is 60.7 Å². The van der Waals surface area contributed by atoms with Crippen LogP contribution in [-0.2, 0) is 16.0 Å². The van der Waals surface area contributed by atoms with Crippen molar-refractivity contribution in [1.29, 1.82) is 0 Å². The highest BCUT2D eigenvalue weighted by atomic mass is 16.2. The van der Waals surface area contributed by atoms with Gasteiger partial charge in [0.05, 0.1) is 6.42 Å². The first-order valence-electron chi connectivity index (χ1n) is 8.56. The predicted molar refractivity (Wildman–Crippen MR) is 98.8 cm³/mol. The highest BCUT2D eigenvalue weighted by Crippen LogP contribution is 2.08. The molecule has 1 heterocycles. The molecule has 0 radical (unpaired) electrons. The van der Waals surface area contributed by atoms with Crippen molar-refractivity contribution in [3.8, 4) is 0 Å². The van der Waals surface area contributed by atoms with Crippen molar-refractivity contribution in [2.75, 3.05) is 26.2 Å². The highest BCUT2D eigenvalue weighted by molar-refractivity contribution is 5.92. The Morgan fingerprint density at radius 1 is 0.800 bits per heavy atom. The van der Waals surface area contributed by atoms with Crippen molar-refractivity contribution in [3.05, 3.63) is 77.9 Å². The van der Waals surface area contributed by atoms with Crippen LogP contribution in [0, 0.1) is 0 Å². The second kappa shape index (κ2) is 8.29. The van der Waals surface area contributed by atoms with E-state index in [9.17, 15) is 9.59 Å². The molecule has 0 N–H and O–H groups in total. The molecule has 4 heteroatoms. The molecule has 2 amide bonds. The number of benzene rings is 2. The van der Waals surface area contributed by atoms with Gasteiger partial charge in [0, 0.05) is 32.3 Å². The van der Waals surface area contributed by atoms with E-state index in [2.05, 4.69) is 0 Å². The SMILES string of the molecule is O=C(/C=C/c1ccccc1)N1CCN(C(=O)Cc2ccccc2)CC1. The van der Waals surface area contributed by atoms with Crippen LogP contribution in [0.5, 0.6) is 0 Å². The molecule has 1 aliphatic heterocycles. The Bertz CT molecular complexity index is 733. The van der Waals surface area contributed by atoms with Crippen molar-refractivity contribution in [2.24, 2.45) is 0 Å². The summed E-state index contributed by atoms with van der Waals surface area (Å²) in [6.07, 6.45) is 3.86. The summed E-state index contributed by atoms with van der Waals surface area (Å²) in [6, 6.07) is 19.5. The number of carbonyl (C=O) groups excluding carboxylic acids is 2. The second-order valence-electron chi connectivity index (χ2n) is 6.11. The number of hydrogen-bond donors (Lipinski definition) is 0. The second-order valence-corrected chi connectivity index (χ2v) is 6.11. The summed E-state index contributed by atoms with van der Waals surface area (Å²) in [5.41, 5.74) is 2.03. The van der Waals surface area contributed by atoms with E-state index in [-0.39, 0.29) is 11.8 Å². The molecule has 0 bridgehead atoms. The first-order valence-corrected chi connectivity index (χ1v) is 8.56. The number of carbonyl (C=O) groups is 2. The summed E-state index contributed by atoms with van der Waals surface area (Å²) >= 11 is 0. The first kappa shape index (κ1) is 17.0. The van der Waals surface area contributed by atoms with Crippen molar-refractivity contribution in [3.63, 3.8) is 0 Å². The minimum atomic E-state index is -0.000915. The third kappa shape index (κ3) is 4.80. The van der Waals surface area contributed by atoms with Gasteiger partial charge in [-0.2, -0.15) is 0 Å². The fourth-order valence-corrected chi connectivity index (χ4v) is 2.90. The fraction of sp³-hybridized carbons (Fsp3) is 0.238. The van der Waals surface area contributed by atoms with E-state index in [1.807, 2.05) is 71.6 Å². The van der Waals surface area contributed by atoms with Gasteiger partial charge in [0.25, 0.3) is 0 Å². The molecule has 0 spiro atoms. The topological polar surface area (TPSA) is 40.6 Å². The molecule has 3 rings (SSSR count). The first-order chi connectivity index (χ1) is 12.2. The molecule has 4 nitrogen and oxygen atoms in total. The van der Waals surface area contributed by atoms with Gasteiger partial charge in [0.2, 0.25) is 11.8 Å². The Kier molecular flexibility index (Phi) is 5.62. The number of nitrogens with zero attached hydrogens (tertiary/aromatic N) is 2. The number of piperazine rings is 1. The molecule has 2 aromatic rings. The van der Waals surface area contributed by atoms with E-state index < -0.39 is 0 Å². The quantitative estimate of drug-likeness (QED) is 0.807. The van der Waals surface area contributed by atoms with Crippen molar-refractivity contribution in [2.45, 2.75) is 6.42 Å². The van der Waals surface area contributed by atoms with Crippen LogP contribution in [0.2, 0.25) is 0 Å². The molecule has 25 heavy (non-hydrogen) atoms. The van der Waals surface area contributed by atoms with Gasteiger partial charge >= 0.3 is 0 Å². The zero-order valence-electron chi connectivity index (χ0n) is 14.2. The van der Waals surface area contributed by atoms with Crippen LogP contribution in [0.3, 0.4) is 0 Å². The van der Waals surface area contributed by atoms with Gasteiger partial charge in [0.15, 0.2) is 0 Å². The van der Waals surface area contributed by atoms with E-state index in [1.54, 1.807) is 11.0 Å². The van der Waals surface area contributed by atoms with Crippen LogP contribution in [0.25, 0.3) is 6.08 Å². The van der Waals surface area contributed by atoms with Crippen LogP contribution in [-0.4, -0.2) is 47.8 Å². The normalized spacial score (nSPS) is 14.7. The fourth-order valence-electron chi connectivity index (χ4n) is 2.90. The average Bonchev–Trinajstić information content (AvgIpc) is 2.68. The van der Waals surface area contributed by atoms with Crippen LogP contribution < -0.4 is 0 Å². The number of rotatable bonds is 4. The van der Waals surface area contributed by atoms with Crippen molar-refractivity contribution < 1.29 is 9.59 Å². The zero-order valence-corrected chi connectivity index (χ0v) is 14.2. The molecule has 1 fully saturated rings. The van der Waals surface area contributed by atoms with Crippen LogP contribution in [0.4, 0.5) is 0 Å². The Morgan fingerprint density at radius 2 is 1.36 bits per heavy atom. The standard InChI is InChI=1S/C21H22N2O2/c24-20(12-11-18-7-3-1-4-8-18)22-13-15-23(16-14-22)21(25)17-19-9-5-2-6-10-19/h1-12H,13-17H2/b12-11+. The number of amides is 2. The lowest BCUT2D eigenvalue weighted by Gasteiger charge is -2.34. The lowest BCUT2D eigenvalue weighted by Crippen LogP contribution is -2.50. The third-order valence-corrected chi connectivity index (χ3v) is 4.36. The summed E-state index contributed by atoms with van der Waals surface area (Å²) in [4.78, 5) is 28.3. The minimum Gasteiger partial charge on any atom is -0.339 e. The highest BCUT2D eigenvalue weighted by Gasteiger charge is 2.22.